The van der Waals surface area contributed by atoms with Gasteiger partial charge in [0.1, 0.15) is 0 Å². The first-order chi connectivity index (χ1) is 10.2. The van der Waals surface area contributed by atoms with Crippen molar-refractivity contribution in [3.8, 4) is 0 Å². The highest BCUT2D eigenvalue weighted by Crippen LogP contribution is 2.49. The van der Waals surface area contributed by atoms with Crippen LogP contribution >= 0.6 is 11.3 Å². The molecule has 0 unspecified atom stereocenters. The topological polar surface area (TPSA) is 55.4 Å². The van der Waals surface area contributed by atoms with Gasteiger partial charge in [-0.3, -0.25) is 9.59 Å². The summed E-state index contributed by atoms with van der Waals surface area (Å²) >= 11 is 1.59. The molecule has 3 atom stereocenters. The maximum atomic E-state index is 11.8. The first-order valence-corrected chi connectivity index (χ1v) is 8.53. The van der Waals surface area contributed by atoms with Gasteiger partial charge in [0, 0.05) is 11.3 Å². The van der Waals surface area contributed by atoms with Gasteiger partial charge in [-0.1, -0.05) is 12.5 Å². The van der Waals surface area contributed by atoms with E-state index in [0.717, 1.165) is 16.7 Å². The number of carbonyl (C=O) groups is 2. The number of hydrogen-bond acceptors (Lipinski definition) is 4. The summed E-state index contributed by atoms with van der Waals surface area (Å²) < 4.78 is 5.10. The second kappa shape index (κ2) is 6.60. The lowest BCUT2D eigenvalue weighted by Crippen LogP contribution is -2.28. The number of hydrogen-bond donors (Lipinski definition) is 1. The van der Waals surface area contributed by atoms with Crippen LogP contribution in [0.3, 0.4) is 0 Å². The summed E-state index contributed by atoms with van der Waals surface area (Å²) in [5.41, 5.74) is 0. The highest BCUT2D eigenvalue weighted by Gasteiger charge is 2.40. The molecular weight excluding hydrogens is 286 g/mol. The second-order valence-corrected chi connectivity index (χ2v) is 7.19. The largest absolute Gasteiger partial charge is 0.456 e. The Labute approximate surface area is 128 Å². The van der Waals surface area contributed by atoms with Crippen LogP contribution in [0.5, 0.6) is 0 Å². The van der Waals surface area contributed by atoms with Crippen LogP contribution in [0.4, 0.5) is 0 Å². The van der Waals surface area contributed by atoms with E-state index in [9.17, 15) is 9.59 Å². The number of nitrogens with one attached hydrogen (secondary N) is 1. The van der Waals surface area contributed by atoms with Crippen molar-refractivity contribution >= 4 is 23.2 Å². The number of rotatable bonds is 6. The molecule has 0 aromatic carbocycles. The first kappa shape index (κ1) is 14.6. The van der Waals surface area contributed by atoms with Crippen molar-refractivity contribution in [2.45, 2.75) is 38.6 Å². The van der Waals surface area contributed by atoms with Gasteiger partial charge in [-0.05, 0) is 48.5 Å². The van der Waals surface area contributed by atoms with E-state index >= 15 is 0 Å². The lowest BCUT2D eigenvalue weighted by molar-refractivity contribution is -0.149. The third-order valence-electron chi connectivity index (χ3n) is 4.72. The molecule has 1 heterocycles. The molecule has 4 nitrogen and oxygen atoms in total. The summed E-state index contributed by atoms with van der Waals surface area (Å²) in [5.74, 6) is 1.59. The molecule has 5 heteroatoms. The molecule has 2 aliphatic rings. The number of fused-ring (bicyclic) bond motifs is 2. The van der Waals surface area contributed by atoms with Crippen molar-refractivity contribution in [3.63, 3.8) is 0 Å². The van der Waals surface area contributed by atoms with E-state index in [2.05, 4.69) is 5.32 Å². The van der Waals surface area contributed by atoms with E-state index in [4.69, 9.17) is 4.74 Å². The smallest absolute Gasteiger partial charge is 0.306 e. The van der Waals surface area contributed by atoms with Crippen molar-refractivity contribution < 1.29 is 14.3 Å². The minimum absolute atomic E-state index is 0.162. The van der Waals surface area contributed by atoms with Gasteiger partial charge in [-0.25, -0.2) is 0 Å². The summed E-state index contributed by atoms with van der Waals surface area (Å²) in [5, 5.41) is 4.72. The Balaban J connectivity index is 1.33. The Bertz CT molecular complexity index is 500. The SMILES string of the molecule is O=C(COC(=O)C[C@@H]1C[C@@H]2CC[C@@H]1C2)NCc1cccs1. The molecule has 2 bridgehead atoms. The molecule has 3 rings (SSSR count). The van der Waals surface area contributed by atoms with Gasteiger partial charge in [0.25, 0.3) is 5.91 Å². The Morgan fingerprint density at radius 2 is 2.24 bits per heavy atom. The number of ether oxygens (including phenoxy) is 1. The van der Waals surface area contributed by atoms with E-state index < -0.39 is 0 Å². The lowest BCUT2D eigenvalue weighted by Gasteiger charge is -2.20. The Kier molecular flexibility index (Phi) is 4.58. The van der Waals surface area contributed by atoms with Gasteiger partial charge >= 0.3 is 5.97 Å². The van der Waals surface area contributed by atoms with Crippen LogP contribution in [0.25, 0.3) is 0 Å². The monoisotopic (exact) mass is 307 g/mol. The van der Waals surface area contributed by atoms with E-state index in [1.54, 1.807) is 11.3 Å². The summed E-state index contributed by atoms with van der Waals surface area (Å²) in [6.07, 6.45) is 5.55. The summed E-state index contributed by atoms with van der Waals surface area (Å²) in [6.45, 7) is 0.339. The lowest BCUT2D eigenvalue weighted by atomic mass is 9.86. The fourth-order valence-electron chi connectivity index (χ4n) is 3.70. The van der Waals surface area contributed by atoms with Crippen molar-refractivity contribution in [1.29, 1.82) is 0 Å². The van der Waals surface area contributed by atoms with Gasteiger partial charge < -0.3 is 10.1 Å². The van der Waals surface area contributed by atoms with Gasteiger partial charge in [-0.15, -0.1) is 11.3 Å². The third-order valence-corrected chi connectivity index (χ3v) is 5.59. The molecule has 2 fully saturated rings. The van der Waals surface area contributed by atoms with E-state index in [1.165, 1.54) is 25.7 Å². The van der Waals surface area contributed by atoms with Crippen LogP contribution in [0, 0.1) is 17.8 Å². The zero-order valence-electron chi connectivity index (χ0n) is 12.0. The highest BCUT2D eigenvalue weighted by atomic mass is 32.1. The minimum atomic E-state index is -0.232. The Hall–Kier alpha value is -1.36. The zero-order chi connectivity index (χ0) is 14.7. The molecule has 2 saturated carbocycles. The fourth-order valence-corrected chi connectivity index (χ4v) is 4.34. The van der Waals surface area contributed by atoms with Crippen LogP contribution < -0.4 is 5.32 Å². The van der Waals surface area contributed by atoms with Gasteiger partial charge in [-0.2, -0.15) is 0 Å². The standard InChI is InChI=1S/C16H21NO3S/c18-15(17-9-14-2-1-5-21-14)10-20-16(19)8-13-7-11-3-4-12(13)6-11/h1-2,5,11-13H,3-4,6-10H2,(H,17,18)/t11-,12-,13+/m1/s1. The van der Waals surface area contributed by atoms with Crippen LogP contribution in [0.15, 0.2) is 17.5 Å². The molecule has 1 N–H and O–H groups in total. The molecule has 0 spiro atoms. The zero-order valence-corrected chi connectivity index (χ0v) is 12.9. The molecule has 1 aromatic heterocycles. The Morgan fingerprint density at radius 1 is 1.33 bits per heavy atom. The molecule has 0 aliphatic heterocycles. The molecule has 114 valence electrons. The van der Waals surface area contributed by atoms with Crippen molar-refractivity contribution in [1.82, 2.24) is 5.32 Å². The van der Waals surface area contributed by atoms with E-state index in [0.29, 0.717) is 18.9 Å². The minimum Gasteiger partial charge on any atom is -0.456 e. The number of carbonyl (C=O) groups excluding carboxylic acids is 2. The quantitative estimate of drug-likeness (QED) is 0.822. The predicted molar refractivity (Wildman–Crippen MR) is 80.7 cm³/mol. The Morgan fingerprint density at radius 3 is 2.90 bits per heavy atom. The van der Waals surface area contributed by atoms with Gasteiger partial charge in [0.2, 0.25) is 0 Å². The summed E-state index contributed by atoms with van der Waals surface area (Å²) in [7, 11) is 0. The fraction of sp³-hybridized carbons (Fsp3) is 0.625. The number of thiophene rings is 1. The van der Waals surface area contributed by atoms with Crippen LogP contribution in [0.1, 0.15) is 37.0 Å². The van der Waals surface area contributed by atoms with Gasteiger partial charge in [0.05, 0.1) is 6.54 Å². The van der Waals surface area contributed by atoms with Crippen molar-refractivity contribution in [3.05, 3.63) is 22.4 Å². The van der Waals surface area contributed by atoms with Crippen molar-refractivity contribution in [2.75, 3.05) is 6.61 Å². The molecule has 0 saturated heterocycles. The summed E-state index contributed by atoms with van der Waals surface area (Å²) in [6, 6.07) is 3.91. The molecule has 21 heavy (non-hydrogen) atoms. The number of esters is 1. The normalized spacial score (nSPS) is 26.8. The van der Waals surface area contributed by atoms with Gasteiger partial charge in [0.15, 0.2) is 6.61 Å². The molecule has 1 aromatic rings. The predicted octanol–water partition coefficient (Wildman–Crippen LogP) is 2.73. The molecule has 2 aliphatic carbocycles. The number of amides is 1. The maximum Gasteiger partial charge on any atom is 0.306 e. The average Bonchev–Trinajstić information content (AvgIpc) is 3.20. The first-order valence-electron chi connectivity index (χ1n) is 7.65. The third kappa shape index (κ3) is 3.84. The molecule has 1 amide bonds. The average molecular weight is 307 g/mol. The van der Waals surface area contributed by atoms with Crippen LogP contribution in [-0.2, 0) is 20.9 Å². The highest BCUT2D eigenvalue weighted by molar-refractivity contribution is 7.09. The molecule has 0 radical (unpaired) electrons. The summed E-state index contributed by atoms with van der Waals surface area (Å²) in [4.78, 5) is 24.5. The van der Waals surface area contributed by atoms with Crippen molar-refractivity contribution in [2.24, 2.45) is 17.8 Å². The van der Waals surface area contributed by atoms with E-state index in [1.807, 2.05) is 17.5 Å². The van der Waals surface area contributed by atoms with Crippen LogP contribution in [-0.4, -0.2) is 18.5 Å². The van der Waals surface area contributed by atoms with Crippen LogP contribution in [0.2, 0.25) is 0 Å². The maximum absolute atomic E-state index is 11.8. The molecular formula is C16H21NO3S. The van der Waals surface area contributed by atoms with E-state index in [-0.39, 0.29) is 18.5 Å². The second-order valence-electron chi connectivity index (χ2n) is 6.16.